The Hall–Kier alpha value is 0.310. The van der Waals surface area contributed by atoms with E-state index in [0.29, 0.717) is 6.04 Å². The minimum absolute atomic E-state index is 0. The van der Waals surface area contributed by atoms with Crippen molar-refractivity contribution in [2.75, 3.05) is 39.0 Å². The highest BCUT2D eigenvalue weighted by Gasteiger charge is 2.24. The summed E-state index contributed by atoms with van der Waals surface area (Å²) in [5, 5.41) is 7.86. The molecule has 0 aromatic rings. The van der Waals surface area contributed by atoms with E-state index in [1.165, 1.54) is 45.2 Å². The lowest BCUT2D eigenvalue weighted by Crippen LogP contribution is -2.43. The number of halogens is 1. The Bertz CT molecular complexity index is 345. The van der Waals surface area contributed by atoms with Crippen LogP contribution in [0.15, 0.2) is 4.99 Å². The first kappa shape index (κ1) is 21.4. The quantitative estimate of drug-likeness (QED) is 0.368. The summed E-state index contributed by atoms with van der Waals surface area (Å²) in [6, 6.07) is 0.603. The number of piperidine rings is 1. The standard InChI is InChI=1S/C17H34N4S.HI/c1-4-18-17(20-15-5-6-16(13-15)22-3)19-9-12-21-10-7-14(2)8-11-21;/h14-16H,4-13H2,1-3H3,(H2,18,19,20);1H. The summed E-state index contributed by atoms with van der Waals surface area (Å²) < 4.78 is 0. The van der Waals surface area contributed by atoms with Gasteiger partial charge < -0.3 is 15.5 Å². The van der Waals surface area contributed by atoms with Crippen LogP contribution in [0.1, 0.15) is 46.0 Å². The molecule has 0 aromatic carbocycles. The molecule has 136 valence electrons. The van der Waals surface area contributed by atoms with Crippen LogP contribution in [0.3, 0.4) is 0 Å². The van der Waals surface area contributed by atoms with Crippen molar-refractivity contribution in [3.8, 4) is 0 Å². The van der Waals surface area contributed by atoms with E-state index in [1.54, 1.807) is 0 Å². The smallest absolute Gasteiger partial charge is 0.191 e. The lowest BCUT2D eigenvalue weighted by Gasteiger charge is -2.29. The third-order valence-electron chi connectivity index (χ3n) is 4.97. The maximum Gasteiger partial charge on any atom is 0.191 e. The van der Waals surface area contributed by atoms with Gasteiger partial charge in [-0.2, -0.15) is 11.8 Å². The van der Waals surface area contributed by atoms with Gasteiger partial charge in [0.2, 0.25) is 0 Å². The number of likely N-dealkylation sites (tertiary alicyclic amines) is 1. The molecule has 0 spiro atoms. The van der Waals surface area contributed by atoms with Gasteiger partial charge in [0.1, 0.15) is 0 Å². The van der Waals surface area contributed by atoms with E-state index < -0.39 is 0 Å². The van der Waals surface area contributed by atoms with Gasteiger partial charge in [0.05, 0.1) is 6.54 Å². The molecule has 1 saturated heterocycles. The zero-order valence-electron chi connectivity index (χ0n) is 15.0. The molecule has 2 aliphatic rings. The maximum atomic E-state index is 4.79. The predicted molar refractivity (Wildman–Crippen MR) is 114 cm³/mol. The number of nitrogens with one attached hydrogen (secondary N) is 2. The Morgan fingerprint density at radius 2 is 1.96 bits per heavy atom. The molecule has 1 heterocycles. The summed E-state index contributed by atoms with van der Waals surface area (Å²) in [5.41, 5.74) is 0. The fourth-order valence-electron chi connectivity index (χ4n) is 3.39. The molecule has 0 bridgehead atoms. The van der Waals surface area contributed by atoms with Crippen LogP contribution in [-0.4, -0.2) is 61.1 Å². The molecule has 2 N–H and O–H groups in total. The van der Waals surface area contributed by atoms with E-state index in [2.05, 4.69) is 35.6 Å². The Kier molecular flexibility index (Phi) is 10.9. The van der Waals surface area contributed by atoms with Crippen LogP contribution in [0.2, 0.25) is 0 Å². The van der Waals surface area contributed by atoms with Crippen LogP contribution in [0.25, 0.3) is 0 Å². The minimum Gasteiger partial charge on any atom is -0.357 e. The summed E-state index contributed by atoms with van der Waals surface area (Å²) in [7, 11) is 0. The largest absolute Gasteiger partial charge is 0.357 e. The Morgan fingerprint density at radius 3 is 2.57 bits per heavy atom. The van der Waals surface area contributed by atoms with Crippen LogP contribution < -0.4 is 10.6 Å². The van der Waals surface area contributed by atoms with Crippen LogP contribution in [0.4, 0.5) is 0 Å². The molecule has 2 atom stereocenters. The molecule has 0 aromatic heterocycles. The van der Waals surface area contributed by atoms with E-state index in [0.717, 1.165) is 36.8 Å². The normalized spacial score (nSPS) is 26.8. The summed E-state index contributed by atoms with van der Waals surface area (Å²) in [6.45, 7) is 9.95. The monoisotopic (exact) mass is 454 g/mol. The number of nitrogens with zero attached hydrogens (tertiary/aromatic N) is 2. The number of aliphatic imine (C=N–C) groups is 1. The van der Waals surface area contributed by atoms with Crippen LogP contribution >= 0.6 is 35.7 Å². The molecule has 4 nitrogen and oxygen atoms in total. The van der Waals surface area contributed by atoms with Crippen molar-refractivity contribution in [3.05, 3.63) is 0 Å². The molecule has 1 aliphatic heterocycles. The molecule has 23 heavy (non-hydrogen) atoms. The van der Waals surface area contributed by atoms with Crippen molar-refractivity contribution in [3.63, 3.8) is 0 Å². The summed E-state index contributed by atoms with van der Waals surface area (Å²) in [4.78, 5) is 7.35. The molecule has 0 amide bonds. The first-order valence-corrected chi connectivity index (χ1v) is 10.3. The van der Waals surface area contributed by atoms with Gasteiger partial charge in [-0.15, -0.1) is 24.0 Å². The third kappa shape index (κ3) is 7.82. The first-order valence-electron chi connectivity index (χ1n) is 9.01. The first-order chi connectivity index (χ1) is 10.7. The van der Waals surface area contributed by atoms with Gasteiger partial charge in [-0.05, 0) is 64.3 Å². The highest BCUT2D eigenvalue weighted by Crippen LogP contribution is 2.28. The predicted octanol–water partition coefficient (Wildman–Crippen LogP) is 3.18. The average molecular weight is 454 g/mol. The van der Waals surface area contributed by atoms with Crippen molar-refractivity contribution in [1.82, 2.24) is 15.5 Å². The SMILES string of the molecule is CCNC(=NCCN1CCC(C)CC1)NC1CCC(SC)C1.I. The molecule has 0 radical (unpaired) electrons. The van der Waals surface area contributed by atoms with Crippen molar-refractivity contribution in [1.29, 1.82) is 0 Å². The van der Waals surface area contributed by atoms with Gasteiger partial charge in [-0.25, -0.2) is 0 Å². The molecule has 2 unspecified atom stereocenters. The Labute approximate surface area is 164 Å². The zero-order valence-corrected chi connectivity index (χ0v) is 18.2. The molecule has 6 heteroatoms. The van der Waals surface area contributed by atoms with E-state index in [1.807, 2.05) is 11.8 Å². The van der Waals surface area contributed by atoms with E-state index in [9.17, 15) is 0 Å². The third-order valence-corrected chi connectivity index (χ3v) is 6.06. The number of hydrogen-bond acceptors (Lipinski definition) is 3. The maximum absolute atomic E-state index is 4.79. The number of rotatable bonds is 6. The summed E-state index contributed by atoms with van der Waals surface area (Å²) in [6.07, 6.45) is 8.81. The Morgan fingerprint density at radius 1 is 1.22 bits per heavy atom. The lowest BCUT2D eigenvalue weighted by molar-refractivity contribution is 0.197. The molecule has 1 aliphatic carbocycles. The number of thioether (sulfide) groups is 1. The molecule has 1 saturated carbocycles. The van der Waals surface area contributed by atoms with Crippen molar-refractivity contribution < 1.29 is 0 Å². The zero-order chi connectivity index (χ0) is 15.8. The van der Waals surface area contributed by atoms with Crippen molar-refractivity contribution in [2.24, 2.45) is 10.9 Å². The average Bonchev–Trinajstić information content (AvgIpc) is 2.97. The fourth-order valence-corrected chi connectivity index (χ4v) is 4.18. The molecule has 2 rings (SSSR count). The minimum atomic E-state index is 0. The van der Waals surface area contributed by atoms with E-state index in [-0.39, 0.29) is 24.0 Å². The van der Waals surface area contributed by atoms with Gasteiger partial charge in [-0.3, -0.25) is 4.99 Å². The van der Waals surface area contributed by atoms with Crippen LogP contribution in [-0.2, 0) is 0 Å². The van der Waals surface area contributed by atoms with Crippen LogP contribution in [0.5, 0.6) is 0 Å². The van der Waals surface area contributed by atoms with Gasteiger partial charge >= 0.3 is 0 Å². The van der Waals surface area contributed by atoms with Crippen molar-refractivity contribution in [2.45, 2.75) is 57.2 Å². The lowest BCUT2D eigenvalue weighted by atomic mass is 9.99. The van der Waals surface area contributed by atoms with Gasteiger partial charge in [-0.1, -0.05) is 6.92 Å². The van der Waals surface area contributed by atoms with E-state index in [4.69, 9.17) is 4.99 Å². The van der Waals surface area contributed by atoms with Gasteiger partial charge in [0.15, 0.2) is 5.96 Å². The number of hydrogen-bond donors (Lipinski definition) is 2. The highest BCUT2D eigenvalue weighted by atomic mass is 127. The van der Waals surface area contributed by atoms with Crippen molar-refractivity contribution >= 4 is 41.7 Å². The second kappa shape index (κ2) is 11.8. The summed E-state index contributed by atoms with van der Waals surface area (Å²) in [5.74, 6) is 1.92. The van der Waals surface area contributed by atoms with Gasteiger partial charge in [0.25, 0.3) is 0 Å². The highest BCUT2D eigenvalue weighted by molar-refractivity contribution is 14.0. The summed E-state index contributed by atoms with van der Waals surface area (Å²) >= 11 is 2.01. The second-order valence-corrected chi connectivity index (χ2v) is 7.93. The Balaban J connectivity index is 0.00000264. The fraction of sp³-hybridized carbons (Fsp3) is 0.941. The van der Waals surface area contributed by atoms with Crippen LogP contribution in [0, 0.1) is 5.92 Å². The van der Waals surface area contributed by atoms with E-state index >= 15 is 0 Å². The molecular formula is C17H35IN4S. The second-order valence-electron chi connectivity index (χ2n) is 6.80. The number of guanidine groups is 1. The molecular weight excluding hydrogens is 419 g/mol. The topological polar surface area (TPSA) is 39.7 Å². The van der Waals surface area contributed by atoms with Gasteiger partial charge in [0, 0.05) is 24.4 Å². The molecule has 2 fully saturated rings.